The topological polar surface area (TPSA) is 103 Å². The molecule has 174 valence electrons. The molecule has 0 saturated carbocycles. The number of methoxy groups -OCH3 is 1. The van der Waals surface area contributed by atoms with Gasteiger partial charge in [0.1, 0.15) is 10.6 Å². The lowest BCUT2D eigenvalue weighted by Crippen LogP contribution is -2.42. The average Bonchev–Trinajstić information content (AvgIpc) is 3.34. The van der Waals surface area contributed by atoms with Crippen molar-refractivity contribution >= 4 is 15.7 Å². The Labute approximate surface area is 199 Å². The first-order valence-corrected chi connectivity index (χ1v) is 12.6. The predicted molar refractivity (Wildman–Crippen MR) is 129 cm³/mol. The quantitative estimate of drug-likeness (QED) is 0.582. The zero-order chi connectivity index (χ0) is 23.9. The largest absolute Gasteiger partial charge is 0.495 e. The molecule has 0 radical (unpaired) electrons. The molecule has 3 atom stereocenters. The molecule has 3 aromatic rings. The van der Waals surface area contributed by atoms with Crippen molar-refractivity contribution < 1.29 is 18.3 Å². The molecule has 3 aromatic carbocycles. The summed E-state index contributed by atoms with van der Waals surface area (Å²) in [6, 6.07) is 21.4. The third-order valence-corrected chi connectivity index (χ3v) is 8.72. The van der Waals surface area contributed by atoms with Gasteiger partial charge in [0.05, 0.1) is 37.4 Å². The van der Waals surface area contributed by atoms with Crippen molar-refractivity contribution in [3.63, 3.8) is 0 Å². The minimum Gasteiger partial charge on any atom is -0.495 e. The van der Waals surface area contributed by atoms with Gasteiger partial charge < -0.3 is 15.2 Å². The molecule has 0 aliphatic carbocycles. The molecule has 1 saturated heterocycles. The third kappa shape index (κ3) is 3.62. The summed E-state index contributed by atoms with van der Waals surface area (Å²) in [6.07, 6.45) is 0.630. The number of nitriles is 1. The van der Waals surface area contributed by atoms with Crippen LogP contribution in [0.15, 0.2) is 71.6 Å². The first kappa shape index (κ1) is 22.4. The molecule has 0 aromatic heterocycles. The minimum atomic E-state index is -3.86. The molecule has 0 bridgehead atoms. The van der Waals surface area contributed by atoms with E-state index in [9.17, 15) is 18.8 Å². The summed E-state index contributed by atoms with van der Waals surface area (Å²) in [5, 5.41) is 22.8. The van der Waals surface area contributed by atoms with Crippen molar-refractivity contribution in [2.75, 3.05) is 25.6 Å². The fraction of sp³-hybridized carbons (Fsp3) is 0.269. The number of nitrogens with zero attached hydrogens (tertiary/aromatic N) is 2. The first-order valence-electron chi connectivity index (χ1n) is 11.1. The van der Waals surface area contributed by atoms with Crippen molar-refractivity contribution in [2.24, 2.45) is 5.92 Å². The predicted octanol–water partition coefficient (Wildman–Crippen LogP) is 3.77. The van der Waals surface area contributed by atoms with Gasteiger partial charge in [0.2, 0.25) is 10.0 Å². The molecule has 0 amide bonds. The van der Waals surface area contributed by atoms with Crippen LogP contribution in [0.5, 0.6) is 5.75 Å². The van der Waals surface area contributed by atoms with E-state index in [1.807, 2.05) is 36.4 Å². The summed E-state index contributed by atoms with van der Waals surface area (Å²) < 4.78 is 34.6. The van der Waals surface area contributed by atoms with Crippen LogP contribution in [-0.4, -0.2) is 44.1 Å². The van der Waals surface area contributed by atoms with Crippen LogP contribution in [0.1, 0.15) is 23.6 Å². The number of hydrogen-bond acceptors (Lipinski definition) is 6. The monoisotopic (exact) mass is 475 g/mol. The number of nitrogens with one attached hydrogen (secondary N) is 1. The standard InChI is InChI=1S/C26H25N3O4S/c1-33-24-7-2-3-8-25(24)34(31,32)29-12-11-20-23(16-30)28-22-10-9-19(14-21(22)26(20)29)18-6-4-5-17(13-18)15-27/h2-10,13-14,20,23,26,28,30H,11-12,16H2,1H3/t20-,23+,26-/m1/s1. The van der Waals surface area contributed by atoms with Gasteiger partial charge in [-0.15, -0.1) is 0 Å². The molecule has 5 rings (SSSR count). The second-order valence-electron chi connectivity index (χ2n) is 8.59. The zero-order valence-corrected chi connectivity index (χ0v) is 19.5. The van der Waals surface area contributed by atoms with Crippen molar-refractivity contribution in [2.45, 2.75) is 23.4 Å². The Kier molecular flexibility index (Phi) is 5.78. The molecule has 8 heteroatoms. The van der Waals surface area contributed by atoms with Crippen molar-refractivity contribution in [1.29, 1.82) is 5.26 Å². The molecule has 2 heterocycles. The Morgan fingerprint density at radius 2 is 1.91 bits per heavy atom. The van der Waals surface area contributed by atoms with Gasteiger partial charge in [0.15, 0.2) is 0 Å². The Bertz CT molecular complexity index is 1380. The SMILES string of the molecule is COc1ccccc1S(=O)(=O)N1CC[C@@H]2[C@H](CO)Nc3ccc(-c4cccc(C#N)c4)cc3[C@@H]21. The highest BCUT2D eigenvalue weighted by Crippen LogP contribution is 2.49. The van der Waals surface area contributed by atoms with Gasteiger partial charge in [-0.1, -0.05) is 30.3 Å². The van der Waals surface area contributed by atoms with Crippen molar-refractivity contribution in [3.8, 4) is 22.9 Å². The van der Waals surface area contributed by atoms with Crippen LogP contribution in [0.25, 0.3) is 11.1 Å². The van der Waals surface area contributed by atoms with E-state index in [-0.39, 0.29) is 23.5 Å². The fourth-order valence-corrected chi connectivity index (χ4v) is 7.02. The Morgan fingerprint density at radius 1 is 1.12 bits per heavy atom. The lowest BCUT2D eigenvalue weighted by molar-refractivity contribution is 0.210. The maximum atomic E-state index is 13.8. The van der Waals surface area contributed by atoms with Gasteiger partial charge in [-0.3, -0.25) is 0 Å². The van der Waals surface area contributed by atoms with Gasteiger partial charge in [-0.2, -0.15) is 9.57 Å². The second kappa shape index (κ2) is 8.76. The number of ether oxygens (including phenoxy) is 1. The fourth-order valence-electron chi connectivity index (χ4n) is 5.20. The van der Waals surface area contributed by atoms with E-state index in [1.54, 1.807) is 34.6 Å². The van der Waals surface area contributed by atoms with E-state index in [2.05, 4.69) is 11.4 Å². The van der Waals surface area contributed by atoms with E-state index in [0.717, 1.165) is 22.4 Å². The summed E-state index contributed by atoms with van der Waals surface area (Å²) in [7, 11) is -2.40. The van der Waals surface area contributed by atoms with Crippen LogP contribution in [-0.2, 0) is 10.0 Å². The number of benzene rings is 3. The summed E-state index contributed by atoms with van der Waals surface area (Å²) >= 11 is 0. The van der Waals surface area contributed by atoms with Crippen LogP contribution in [0, 0.1) is 17.2 Å². The lowest BCUT2D eigenvalue weighted by Gasteiger charge is -2.39. The van der Waals surface area contributed by atoms with Gasteiger partial charge in [0, 0.05) is 18.2 Å². The van der Waals surface area contributed by atoms with Crippen LogP contribution in [0.2, 0.25) is 0 Å². The normalized spacial score (nSPS) is 21.7. The number of fused-ring (bicyclic) bond motifs is 3. The highest BCUT2D eigenvalue weighted by atomic mass is 32.2. The summed E-state index contributed by atoms with van der Waals surface area (Å²) in [5.74, 6) is 0.226. The number of anilines is 1. The molecule has 7 nitrogen and oxygen atoms in total. The lowest BCUT2D eigenvalue weighted by atomic mass is 9.82. The highest BCUT2D eigenvalue weighted by molar-refractivity contribution is 7.89. The Morgan fingerprint density at radius 3 is 2.68 bits per heavy atom. The number of sulfonamides is 1. The maximum Gasteiger partial charge on any atom is 0.247 e. The van der Waals surface area contributed by atoms with E-state index < -0.39 is 16.1 Å². The van der Waals surface area contributed by atoms with E-state index in [0.29, 0.717) is 24.3 Å². The van der Waals surface area contributed by atoms with Gasteiger partial charge in [-0.25, -0.2) is 8.42 Å². The van der Waals surface area contributed by atoms with Gasteiger partial charge in [-0.05, 0) is 59.5 Å². The minimum absolute atomic E-state index is 0.0809. The molecule has 0 unspecified atom stereocenters. The summed E-state index contributed by atoms with van der Waals surface area (Å²) in [6.45, 7) is 0.261. The summed E-state index contributed by atoms with van der Waals surface area (Å²) in [5.41, 5.74) is 4.03. The maximum absolute atomic E-state index is 13.8. The van der Waals surface area contributed by atoms with E-state index >= 15 is 0 Å². The van der Waals surface area contributed by atoms with E-state index in [4.69, 9.17) is 4.74 Å². The Hall–Kier alpha value is -3.38. The van der Waals surface area contributed by atoms with Crippen LogP contribution < -0.4 is 10.1 Å². The average molecular weight is 476 g/mol. The van der Waals surface area contributed by atoms with E-state index in [1.165, 1.54) is 7.11 Å². The van der Waals surface area contributed by atoms with Gasteiger partial charge >= 0.3 is 0 Å². The van der Waals surface area contributed by atoms with Crippen LogP contribution >= 0.6 is 0 Å². The number of para-hydroxylation sites is 1. The third-order valence-electron chi connectivity index (χ3n) is 6.80. The number of hydrogen-bond donors (Lipinski definition) is 2. The number of aliphatic hydroxyl groups excluding tert-OH is 1. The smallest absolute Gasteiger partial charge is 0.247 e. The molecule has 0 spiro atoms. The molecule has 2 aliphatic heterocycles. The van der Waals surface area contributed by atoms with Gasteiger partial charge in [0.25, 0.3) is 0 Å². The molecule has 2 aliphatic rings. The molecule has 1 fully saturated rings. The Balaban J connectivity index is 1.63. The van der Waals surface area contributed by atoms with Crippen molar-refractivity contribution in [3.05, 3.63) is 77.9 Å². The molecule has 34 heavy (non-hydrogen) atoms. The summed E-state index contributed by atoms with van der Waals surface area (Å²) in [4.78, 5) is 0.136. The molecular formula is C26H25N3O4S. The number of rotatable bonds is 5. The zero-order valence-electron chi connectivity index (χ0n) is 18.7. The number of aliphatic hydroxyl groups is 1. The second-order valence-corrected chi connectivity index (χ2v) is 10.5. The van der Waals surface area contributed by atoms with Crippen molar-refractivity contribution in [1.82, 2.24) is 4.31 Å². The van der Waals surface area contributed by atoms with Crippen LogP contribution in [0.4, 0.5) is 5.69 Å². The molecule has 2 N–H and O–H groups in total. The van der Waals surface area contributed by atoms with Crippen LogP contribution in [0.3, 0.4) is 0 Å². The molecular weight excluding hydrogens is 450 g/mol. The highest BCUT2D eigenvalue weighted by Gasteiger charge is 2.49. The first-order chi connectivity index (χ1) is 16.5.